The Labute approximate surface area is 338 Å². The first kappa shape index (κ1) is 45.6. The standard InChI is InChI=1S/C24H32FNO3.C21H32ClFN2O2/c1-18-16-20(25)11-12-22(18)29-23-10-4-3-9-21(23)24(27,13-5-6-15-28-2)19-8-7-14-26-17-19;1-3-8-19(26)25-21(12-4-5-14-27-2,16-9-7-13-24-15-16)17-10-6-11-18(22)20(17)23/h3-4,9-12,16,19,26-27H,5-8,13-15,17H2,1-2H3;6,10-11,16,24H,3-5,7-9,12-15H2,1-2H3,(H,25,26)/t19-,24+;16-,21+/m11/s1. The third kappa shape index (κ3) is 12.4. The van der Waals surface area contributed by atoms with Crippen molar-refractivity contribution in [1.29, 1.82) is 0 Å². The number of piperidine rings is 2. The molecule has 3 aromatic rings. The lowest BCUT2D eigenvalue weighted by Gasteiger charge is -2.44. The Morgan fingerprint density at radius 1 is 0.857 bits per heavy atom. The van der Waals surface area contributed by atoms with Crippen LogP contribution in [-0.2, 0) is 25.4 Å². The fourth-order valence-corrected chi connectivity index (χ4v) is 8.49. The van der Waals surface area contributed by atoms with E-state index in [-0.39, 0.29) is 28.6 Å². The van der Waals surface area contributed by atoms with Crippen molar-refractivity contribution < 1.29 is 32.9 Å². The van der Waals surface area contributed by atoms with E-state index >= 15 is 4.39 Å². The number of halogens is 3. The third-order valence-corrected chi connectivity index (χ3v) is 11.6. The lowest BCUT2D eigenvalue weighted by Crippen LogP contribution is -2.55. The Morgan fingerprint density at radius 3 is 2.12 bits per heavy atom. The molecule has 11 heteroatoms. The van der Waals surface area contributed by atoms with Gasteiger partial charge in [-0.25, -0.2) is 8.78 Å². The second kappa shape index (κ2) is 23.3. The smallest absolute Gasteiger partial charge is 0.220 e. The van der Waals surface area contributed by atoms with E-state index in [0.29, 0.717) is 49.5 Å². The van der Waals surface area contributed by atoms with E-state index in [9.17, 15) is 14.3 Å². The Bertz CT molecular complexity index is 1640. The van der Waals surface area contributed by atoms with Gasteiger partial charge in [0.1, 0.15) is 23.1 Å². The van der Waals surface area contributed by atoms with E-state index in [4.69, 9.17) is 25.8 Å². The molecule has 5 rings (SSSR count). The van der Waals surface area contributed by atoms with Crippen molar-refractivity contribution in [3.05, 3.63) is 94.0 Å². The third-order valence-electron chi connectivity index (χ3n) is 11.3. The number of amides is 1. The lowest BCUT2D eigenvalue weighted by atomic mass is 9.71. The zero-order valence-electron chi connectivity index (χ0n) is 33.9. The minimum absolute atomic E-state index is 0.0332. The minimum Gasteiger partial charge on any atom is -0.457 e. The number of ether oxygens (including phenoxy) is 3. The fraction of sp³-hybridized carbons (Fsp3) is 0.578. The number of nitrogens with one attached hydrogen (secondary N) is 3. The van der Waals surface area contributed by atoms with Crippen LogP contribution >= 0.6 is 11.6 Å². The molecule has 0 aromatic heterocycles. The number of aliphatic hydroxyl groups is 1. The summed E-state index contributed by atoms with van der Waals surface area (Å²) in [6.45, 7) is 8.62. The molecule has 2 aliphatic heterocycles. The molecule has 8 nitrogen and oxygen atoms in total. The Kier molecular flexibility index (Phi) is 19.0. The summed E-state index contributed by atoms with van der Waals surface area (Å²) < 4.78 is 45.2. The minimum atomic E-state index is -0.994. The van der Waals surface area contributed by atoms with Gasteiger partial charge in [0, 0.05) is 64.0 Å². The molecule has 0 aliphatic carbocycles. The van der Waals surface area contributed by atoms with Crippen molar-refractivity contribution in [2.75, 3.05) is 53.6 Å². The van der Waals surface area contributed by atoms with Crippen LogP contribution in [0.4, 0.5) is 8.78 Å². The molecule has 0 bridgehead atoms. The second-order valence-electron chi connectivity index (χ2n) is 15.3. The predicted molar refractivity (Wildman–Crippen MR) is 220 cm³/mol. The van der Waals surface area contributed by atoms with Gasteiger partial charge in [-0.15, -0.1) is 0 Å². The molecule has 2 fully saturated rings. The van der Waals surface area contributed by atoms with Crippen LogP contribution in [-0.4, -0.2) is 64.6 Å². The SMILES string of the molecule is CCCC(=O)N[C@](CCCCOC)(c1cccc(Cl)c1F)[C@@H]1CCCNC1.COCCCC[C@@](O)(c1ccccc1Oc1ccc(F)cc1C)[C@@H]1CCCNC1. The van der Waals surface area contributed by atoms with Gasteiger partial charge >= 0.3 is 0 Å². The molecule has 0 unspecified atom stereocenters. The number of hydrogen-bond donors (Lipinski definition) is 4. The molecule has 310 valence electrons. The summed E-state index contributed by atoms with van der Waals surface area (Å²) in [6, 6.07) is 17.3. The molecule has 2 aliphatic rings. The topological polar surface area (TPSA) is 101 Å². The van der Waals surface area contributed by atoms with Crippen LogP contribution in [0.1, 0.15) is 101 Å². The summed E-state index contributed by atoms with van der Waals surface area (Å²) in [6.07, 6.45) is 9.93. The van der Waals surface area contributed by atoms with Crippen molar-refractivity contribution in [2.24, 2.45) is 11.8 Å². The Morgan fingerprint density at radius 2 is 1.50 bits per heavy atom. The maximum Gasteiger partial charge on any atom is 0.220 e. The van der Waals surface area contributed by atoms with Crippen molar-refractivity contribution in [3.63, 3.8) is 0 Å². The molecule has 0 radical (unpaired) electrons. The average Bonchev–Trinajstić information content (AvgIpc) is 3.21. The van der Waals surface area contributed by atoms with E-state index in [1.807, 2.05) is 38.1 Å². The summed E-state index contributed by atoms with van der Waals surface area (Å²) in [4.78, 5) is 12.6. The molecular weight excluding hydrogens is 736 g/mol. The normalized spacial score (nSPS) is 19.2. The highest BCUT2D eigenvalue weighted by molar-refractivity contribution is 6.30. The fourth-order valence-electron chi connectivity index (χ4n) is 8.32. The van der Waals surface area contributed by atoms with E-state index in [0.717, 1.165) is 95.1 Å². The van der Waals surface area contributed by atoms with Gasteiger partial charge in [-0.1, -0.05) is 48.9 Å². The molecular formula is C45H64ClF2N3O5. The number of methoxy groups -OCH3 is 2. The van der Waals surface area contributed by atoms with Crippen LogP contribution in [0, 0.1) is 30.4 Å². The number of unbranched alkanes of at least 4 members (excludes halogenated alkanes) is 2. The van der Waals surface area contributed by atoms with Gasteiger partial charge in [-0.2, -0.15) is 0 Å². The maximum atomic E-state index is 15.1. The van der Waals surface area contributed by atoms with Gasteiger partial charge in [-0.05, 0) is 132 Å². The average molecular weight is 800 g/mol. The molecule has 1 amide bonds. The van der Waals surface area contributed by atoms with Crippen LogP contribution in [0.2, 0.25) is 5.02 Å². The first-order valence-corrected chi connectivity index (χ1v) is 20.9. The highest BCUT2D eigenvalue weighted by Gasteiger charge is 2.44. The summed E-state index contributed by atoms with van der Waals surface area (Å²) in [5.41, 5.74) is 0.275. The van der Waals surface area contributed by atoms with Crippen LogP contribution in [0.15, 0.2) is 60.7 Å². The largest absolute Gasteiger partial charge is 0.457 e. The summed E-state index contributed by atoms with van der Waals surface area (Å²) in [7, 11) is 3.38. The number of carbonyl (C=O) groups excluding carboxylic acids is 1. The monoisotopic (exact) mass is 799 g/mol. The molecule has 4 N–H and O–H groups in total. The first-order chi connectivity index (χ1) is 27.1. The zero-order valence-corrected chi connectivity index (χ0v) is 34.6. The number of benzene rings is 3. The van der Waals surface area contributed by atoms with Gasteiger partial charge < -0.3 is 35.3 Å². The van der Waals surface area contributed by atoms with Crippen molar-refractivity contribution >= 4 is 17.5 Å². The molecule has 0 spiro atoms. The van der Waals surface area contributed by atoms with Gasteiger partial charge in [0.15, 0.2) is 0 Å². The van der Waals surface area contributed by atoms with E-state index in [1.54, 1.807) is 38.5 Å². The highest BCUT2D eigenvalue weighted by Crippen LogP contribution is 2.44. The quantitative estimate of drug-likeness (QED) is 0.0898. The second-order valence-corrected chi connectivity index (χ2v) is 15.7. The first-order valence-electron chi connectivity index (χ1n) is 20.5. The van der Waals surface area contributed by atoms with Crippen LogP contribution in [0.3, 0.4) is 0 Å². The number of aryl methyl sites for hydroxylation is 1. The summed E-state index contributed by atoms with van der Waals surface area (Å²) in [5.74, 6) is 0.707. The number of carbonyl (C=O) groups is 1. The molecule has 56 heavy (non-hydrogen) atoms. The molecule has 2 saturated heterocycles. The van der Waals surface area contributed by atoms with Crippen LogP contribution in [0.5, 0.6) is 11.5 Å². The van der Waals surface area contributed by atoms with Gasteiger partial charge in [0.2, 0.25) is 5.91 Å². The lowest BCUT2D eigenvalue weighted by molar-refractivity contribution is -0.124. The zero-order chi connectivity index (χ0) is 40.4. The van der Waals surface area contributed by atoms with Crippen molar-refractivity contribution in [1.82, 2.24) is 16.0 Å². The number of rotatable bonds is 19. The van der Waals surface area contributed by atoms with Crippen LogP contribution in [0.25, 0.3) is 0 Å². The van der Waals surface area contributed by atoms with Gasteiger partial charge in [0.05, 0.1) is 16.2 Å². The van der Waals surface area contributed by atoms with E-state index in [2.05, 4.69) is 16.0 Å². The van der Waals surface area contributed by atoms with E-state index < -0.39 is 17.0 Å². The van der Waals surface area contributed by atoms with Crippen molar-refractivity contribution in [3.8, 4) is 11.5 Å². The highest BCUT2D eigenvalue weighted by atomic mass is 35.5. The summed E-state index contributed by atoms with van der Waals surface area (Å²) >= 11 is 6.12. The maximum absolute atomic E-state index is 15.1. The molecule has 3 aromatic carbocycles. The molecule has 0 saturated carbocycles. The number of para-hydroxylation sites is 1. The van der Waals surface area contributed by atoms with E-state index in [1.165, 1.54) is 12.1 Å². The Hall–Kier alpha value is -3.12. The predicted octanol–water partition coefficient (Wildman–Crippen LogP) is 9.34. The van der Waals surface area contributed by atoms with Gasteiger partial charge in [0.25, 0.3) is 0 Å². The molecule has 2 heterocycles. The number of hydrogen-bond acceptors (Lipinski definition) is 7. The Balaban J connectivity index is 0.000000249. The van der Waals surface area contributed by atoms with Crippen LogP contribution < -0.4 is 20.7 Å². The van der Waals surface area contributed by atoms with Crippen molar-refractivity contribution in [2.45, 2.75) is 102 Å². The molecule has 4 atom stereocenters. The van der Waals surface area contributed by atoms with Gasteiger partial charge in [-0.3, -0.25) is 4.79 Å². The summed E-state index contributed by atoms with van der Waals surface area (Å²) in [5, 5.41) is 22.2.